The highest BCUT2D eigenvalue weighted by atomic mass is 35.5. The summed E-state index contributed by atoms with van der Waals surface area (Å²) < 4.78 is 134. The Labute approximate surface area is 487 Å². The van der Waals surface area contributed by atoms with E-state index in [-0.39, 0.29) is 68.6 Å². The summed E-state index contributed by atoms with van der Waals surface area (Å²) in [5.41, 5.74) is -2.47. The number of carbonyl (C=O) groups excluding carboxylic acids is 2. The summed E-state index contributed by atoms with van der Waals surface area (Å²) in [4.78, 5) is 69.3. The predicted molar refractivity (Wildman–Crippen MR) is 300 cm³/mol. The number of phosphoric ester groups is 1. The van der Waals surface area contributed by atoms with Gasteiger partial charge in [-0.1, -0.05) is 67.9 Å². The highest BCUT2D eigenvalue weighted by molar-refractivity contribution is 8.00. The molecule has 3 aliphatic heterocycles. The molecule has 0 spiro atoms. The van der Waals surface area contributed by atoms with Crippen LogP contribution in [0.25, 0.3) is 5.57 Å². The van der Waals surface area contributed by atoms with Gasteiger partial charge in [-0.15, -0.1) is 11.8 Å². The van der Waals surface area contributed by atoms with Crippen LogP contribution in [0.3, 0.4) is 0 Å². The van der Waals surface area contributed by atoms with Crippen molar-refractivity contribution in [1.82, 2.24) is 10.6 Å². The van der Waals surface area contributed by atoms with Crippen LogP contribution in [-0.4, -0.2) is 113 Å². The highest BCUT2D eigenvalue weighted by Gasteiger charge is 2.44. The van der Waals surface area contributed by atoms with Crippen LogP contribution in [0.5, 0.6) is 11.5 Å². The molecule has 81 heavy (non-hydrogen) atoms. The van der Waals surface area contributed by atoms with E-state index in [9.17, 15) is 73.8 Å². The average Bonchev–Trinajstić information content (AvgIpc) is 3.37. The van der Waals surface area contributed by atoms with Crippen LogP contribution >= 0.6 is 69.6 Å². The maximum atomic E-state index is 13.7. The summed E-state index contributed by atoms with van der Waals surface area (Å²) >= 11 is 21.7. The van der Waals surface area contributed by atoms with Gasteiger partial charge < -0.3 is 49.6 Å². The minimum absolute atomic E-state index is 0.0725. The largest absolute Gasteiger partial charge is 0.744 e. The fraction of sp³-hybridized carbons (Fsp3) is 0.542. The SMILES string of the molecule is COP(=O)(O)OP(=O)(O)CP(=O)(O)OCCCCCCNC(=O)CCCCCNC(=O)CSc1c(Cl)c(Cl)c(C(=O)O)c(C2=c3cc4c(c(S(=O)(=O)O)c3Oc3c2cc2c(c3S(=O)(=O)[O-])NC(C)(C)CC2C)=[NH+]C(C)(C)CC4C)c1Cl. The molecule has 3 heterocycles. The quantitative estimate of drug-likeness (QED) is 0.00996. The molecule has 2 amide bonds. The molecule has 5 atom stereocenters. The number of carboxylic acids is 1. The molecule has 0 radical (unpaired) electrons. The molecule has 0 aromatic heterocycles. The standard InChI is InChI=1S/C48H64Cl3N4O20P3S3/c1-25-21-47(3,4)54-39-27(25)19-29-33(30-20-28-26(2)22-48(5,6)55-40(28)45(81(69,70)71)42(30)74-41(29)44(39)80(66,67)68)34-35(46(58)59)36(49)38(51)43(37(34)50)79-23-32(57)53-17-13-10-11-15-31(56)52-16-12-8-9-14-18-73-76(60,61)24-77(62,63)75-78(64,65)72-7/h19-20,25-26,54H,8-18,21-24H2,1-7H3,(H,52,56)(H,53,57)(H,58,59)(H,60,61)(H,62,63)(H,64,65)(H,66,67,68)(H,69,70,71). The Morgan fingerprint density at radius 2 is 1.44 bits per heavy atom. The number of benzene rings is 3. The van der Waals surface area contributed by atoms with Gasteiger partial charge in [0.25, 0.3) is 0 Å². The first kappa shape index (κ1) is 67.0. The Bertz CT molecular complexity index is 3550. The third-order valence-corrected chi connectivity index (χ3v) is 23.5. The first-order valence-electron chi connectivity index (χ1n) is 25.3. The number of rotatable bonds is 26. The number of hydrogen-bond acceptors (Lipinski definition) is 17. The predicted octanol–water partition coefficient (Wildman–Crippen LogP) is 7.09. The maximum Gasteiger partial charge on any atom is 0.479 e. The Morgan fingerprint density at radius 3 is 2.05 bits per heavy atom. The number of unbranched alkanes of at least 4 members (excludes halogenated alkanes) is 5. The first-order valence-corrected chi connectivity index (χ1v) is 35.2. The summed E-state index contributed by atoms with van der Waals surface area (Å²) in [6.45, 7) is 11.1. The molecule has 6 rings (SSSR count). The van der Waals surface area contributed by atoms with Crippen molar-refractivity contribution in [2.45, 2.75) is 143 Å². The summed E-state index contributed by atoms with van der Waals surface area (Å²) in [6.07, 6.45) is 4.59. The number of nitrogens with one attached hydrogen (secondary N) is 4. The zero-order chi connectivity index (χ0) is 60.6. The van der Waals surface area contributed by atoms with Gasteiger partial charge in [0.15, 0.2) is 22.9 Å². The van der Waals surface area contributed by atoms with Crippen LogP contribution in [0.2, 0.25) is 15.1 Å². The van der Waals surface area contributed by atoms with E-state index in [0.29, 0.717) is 75.5 Å². The fourth-order valence-electron chi connectivity index (χ4n) is 10.3. The van der Waals surface area contributed by atoms with Gasteiger partial charge in [0.05, 0.1) is 38.7 Å². The maximum absolute atomic E-state index is 13.7. The molecule has 0 aliphatic carbocycles. The Balaban J connectivity index is 1.18. The number of halogens is 3. The number of hydrogen-bond donors (Lipinski definition) is 9. The number of aromatic carboxylic acids is 1. The molecule has 450 valence electrons. The Hall–Kier alpha value is -3.17. The molecule has 24 nitrogen and oxygen atoms in total. The third-order valence-electron chi connectivity index (χ3n) is 13.4. The van der Waals surface area contributed by atoms with Crippen molar-refractivity contribution in [3.63, 3.8) is 0 Å². The number of thioether (sulfide) groups is 1. The second-order valence-corrected chi connectivity index (χ2v) is 31.9. The van der Waals surface area contributed by atoms with Crippen LogP contribution in [0.4, 0.5) is 5.69 Å². The van der Waals surface area contributed by atoms with Crippen LogP contribution < -0.4 is 36.3 Å². The second kappa shape index (κ2) is 25.8. The number of carboxylic acid groups (broad SMARTS) is 1. The van der Waals surface area contributed by atoms with Crippen molar-refractivity contribution in [3.05, 3.63) is 65.6 Å². The van der Waals surface area contributed by atoms with Crippen LogP contribution in [0.1, 0.15) is 150 Å². The van der Waals surface area contributed by atoms with Gasteiger partial charge in [0, 0.05) is 71.0 Å². The lowest BCUT2D eigenvalue weighted by atomic mass is 9.79. The number of carbonyl (C=O) groups is 3. The molecule has 3 aromatic carbocycles. The van der Waals surface area contributed by atoms with Gasteiger partial charge in [-0.05, 0) is 89.3 Å². The van der Waals surface area contributed by atoms with Gasteiger partial charge in [0.2, 0.25) is 22.1 Å². The lowest BCUT2D eigenvalue weighted by molar-refractivity contribution is -0.590. The Morgan fingerprint density at radius 1 is 0.840 bits per heavy atom. The minimum Gasteiger partial charge on any atom is -0.744 e. The smallest absolute Gasteiger partial charge is 0.479 e. The van der Waals surface area contributed by atoms with E-state index >= 15 is 0 Å². The van der Waals surface area contributed by atoms with Crippen molar-refractivity contribution >= 4 is 119 Å². The molecular formula is C48H64Cl3N4O20P3S3. The van der Waals surface area contributed by atoms with E-state index in [2.05, 4.69) is 29.8 Å². The van der Waals surface area contributed by atoms with E-state index in [1.54, 1.807) is 34.6 Å². The van der Waals surface area contributed by atoms with E-state index in [1.165, 1.54) is 12.1 Å². The van der Waals surface area contributed by atoms with Crippen molar-refractivity contribution < 1.29 is 96.9 Å². The van der Waals surface area contributed by atoms with E-state index in [1.807, 2.05) is 6.92 Å². The third kappa shape index (κ3) is 16.4. The molecule has 0 fully saturated rings. The number of anilines is 1. The topological polar surface area (TPSA) is 382 Å². The minimum atomic E-state index is -5.55. The van der Waals surface area contributed by atoms with Crippen molar-refractivity contribution in [1.29, 1.82) is 0 Å². The monoisotopic (exact) mass is 1310 g/mol. The van der Waals surface area contributed by atoms with Crippen molar-refractivity contribution in [3.8, 4) is 11.5 Å². The summed E-state index contributed by atoms with van der Waals surface area (Å²) in [6, 6.07) is 3.04. The molecule has 0 saturated heterocycles. The molecule has 9 N–H and O–H groups in total. The average molecular weight is 1310 g/mol. The lowest BCUT2D eigenvalue weighted by Gasteiger charge is -2.40. The fourth-order valence-corrected chi connectivity index (χ4v) is 18.7. The summed E-state index contributed by atoms with van der Waals surface area (Å²) in [7, 11) is -24.7. The molecular weight excluding hydrogens is 1250 g/mol. The van der Waals surface area contributed by atoms with Gasteiger partial charge in [-0.25, -0.2) is 27.1 Å². The van der Waals surface area contributed by atoms with Crippen LogP contribution in [0, 0.1) is 0 Å². The number of fused-ring (bicyclic) bond motifs is 4. The molecule has 5 unspecified atom stereocenters. The van der Waals surface area contributed by atoms with Crippen molar-refractivity contribution in [2.75, 3.05) is 43.8 Å². The molecule has 3 aliphatic rings. The van der Waals surface area contributed by atoms with E-state index in [0.717, 1.165) is 18.9 Å². The zero-order valence-electron chi connectivity index (χ0n) is 45.0. The summed E-state index contributed by atoms with van der Waals surface area (Å²) in [5, 5.41) is 18.1. The number of phosphoric acid groups is 1. The van der Waals surface area contributed by atoms with Gasteiger partial charge >= 0.3 is 39.1 Å². The Kier molecular flexibility index (Phi) is 21.3. The van der Waals surface area contributed by atoms with Gasteiger partial charge in [-0.3, -0.25) is 27.8 Å². The number of amides is 2. The zero-order valence-corrected chi connectivity index (χ0v) is 52.4. The van der Waals surface area contributed by atoms with E-state index < -0.39 is 126 Å². The van der Waals surface area contributed by atoms with E-state index in [4.69, 9.17) is 44.1 Å². The second-order valence-electron chi connectivity index (χ2n) is 21.2. The molecule has 3 aromatic rings. The number of ether oxygens (including phenoxy) is 1. The van der Waals surface area contributed by atoms with Crippen LogP contribution in [0.15, 0.2) is 26.8 Å². The summed E-state index contributed by atoms with van der Waals surface area (Å²) in [5.74, 6) is -6.31. The lowest BCUT2D eigenvalue weighted by Crippen LogP contribution is -2.91. The molecule has 33 heteroatoms. The van der Waals surface area contributed by atoms with Gasteiger partial charge in [-0.2, -0.15) is 8.42 Å². The molecule has 0 saturated carbocycles. The van der Waals surface area contributed by atoms with Crippen LogP contribution in [-0.2, 0) is 56.9 Å². The van der Waals surface area contributed by atoms with Crippen molar-refractivity contribution in [2.24, 2.45) is 0 Å². The first-order chi connectivity index (χ1) is 37.3. The normalized spacial score (nSPS) is 19.4. The molecule has 0 bridgehead atoms. The van der Waals surface area contributed by atoms with Gasteiger partial charge in [0.1, 0.15) is 15.0 Å². The highest BCUT2D eigenvalue weighted by Crippen LogP contribution is 2.66.